The first kappa shape index (κ1) is 38.7. The number of likely N-dealkylation sites (tertiary alicyclic amines) is 2. The number of nitrogens with zero attached hydrogens (tertiary/aromatic N) is 5. The highest BCUT2D eigenvalue weighted by molar-refractivity contribution is 9.11. The minimum Gasteiger partial charge on any atom is -0.397 e. The van der Waals surface area contributed by atoms with Crippen molar-refractivity contribution in [3.05, 3.63) is 56.5 Å². The molecule has 0 spiro atoms. The van der Waals surface area contributed by atoms with Crippen molar-refractivity contribution >= 4 is 66.9 Å². The van der Waals surface area contributed by atoms with Crippen LogP contribution in [0.3, 0.4) is 0 Å². The van der Waals surface area contributed by atoms with Crippen LogP contribution in [0.15, 0.2) is 45.3 Å². The van der Waals surface area contributed by atoms with E-state index < -0.39 is 6.04 Å². The van der Waals surface area contributed by atoms with Crippen LogP contribution in [0.4, 0.5) is 16.2 Å². The van der Waals surface area contributed by atoms with E-state index in [1.807, 2.05) is 29.2 Å². The first-order chi connectivity index (χ1) is 25.0. The van der Waals surface area contributed by atoms with Crippen molar-refractivity contribution in [3.63, 3.8) is 0 Å². The molecule has 4 amide bonds. The molecule has 12 nitrogen and oxygen atoms in total. The minimum atomic E-state index is -1.02. The number of piperidine rings is 2. The number of para-hydroxylation sites is 1. The number of nitrogens with two attached hydrogens (primary N) is 1. The molecule has 0 aliphatic carbocycles. The Morgan fingerprint density at radius 1 is 0.885 bits per heavy atom. The molecule has 0 bridgehead atoms. The quantitative estimate of drug-likeness (QED) is 0.237. The lowest BCUT2D eigenvalue weighted by molar-refractivity contribution is -0.138. The fraction of sp³-hybridized carbons (Fsp3) is 0.579. The summed E-state index contributed by atoms with van der Waals surface area (Å²) in [4.78, 5) is 65.4. The van der Waals surface area contributed by atoms with E-state index >= 15 is 0 Å². The zero-order valence-corrected chi connectivity index (χ0v) is 33.5. The Kier molecular flexibility index (Phi) is 12.9. The van der Waals surface area contributed by atoms with Gasteiger partial charge in [0.25, 0.3) is 0 Å². The number of halogens is 2. The highest BCUT2D eigenvalue weighted by atomic mass is 79.9. The molecule has 4 N–H and O–H groups in total. The Labute approximate surface area is 324 Å². The molecule has 6 rings (SSSR count). The van der Waals surface area contributed by atoms with E-state index in [9.17, 15) is 19.2 Å². The zero-order chi connectivity index (χ0) is 36.9. The number of urea groups is 1. The molecule has 0 saturated carbocycles. The Morgan fingerprint density at radius 2 is 1.52 bits per heavy atom. The Hall–Kier alpha value is -3.04. The number of fused-ring (bicyclic) bond motifs is 1. The van der Waals surface area contributed by atoms with E-state index in [1.165, 1.54) is 0 Å². The summed E-state index contributed by atoms with van der Waals surface area (Å²) < 4.78 is 1.15. The van der Waals surface area contributed by atoms with Crippen molar-refractivity contribution in [2.75, 3.05) is 76.5 Å². The summed E-state index contributed by atoms with van der Waals surface area (Å²) >= 11 is 6.83. The number of hydrogen-bond acceptors (Lipinski definition) is 8. The number of carbonyl (C=O) groups is 4. The summed E-state index contributed by atoms with van der Waals surface area (Å²) in [6.45, 7) is 12.1. The molecule has 4 heterocycles. The third kappa shape index (κ3) is 9.36. The van der Waals surface area contributed by atoms with E-state index in [0.29, 0.717) is 64.8 Å². The van der Waals surface area contributed by atoms with Crippen LogP contribution in [0.5, 0.6) is 0 Å². The molecule has 282 valence electrons. The lowest BCUT2D eigenvalue weighted by Crippen LogP contribution is -2.56. The maximum Gasteiger partial charge on any atom is 0.322 e. The SMILES string of the molecule is CC(C)N1CCN(C2CCN(CC(=O)N[C@@H](CC(=O)c3cc(Br)c(N)c(Br)c3)C(=O)N3CCC(N4CCc5ccccc5NC4=O)CC3)CC2)CC1. The van der Waals surface area contributed by atoms with Crippen LogP contribution in [0.1, 0.15) is 61.9 Å². The lowest BCUT2D eigenvalue weighted by atomic mass is 9.99. The molecule has 14 heteroatoms. The fourth-order valence-electron chi connectivity index (χ4n) is 8.11. The second-order valence-electron chi connectivity index (χ2n) is 14.9. The number of rotatable bonds is 10. The Balaban J connectivity index is 1.06. The number of amides is 4. The Bertz CT molecular complexity index is 1590. The summed E-state index contributed by atoms with van der Waals surface area (Å²) in [7, 11) is 0. The molecule has 0 aromatic heterocycles. The summed E-state index contributed by atoms with van der Waals surface area (Å²) in [6.07, 6.45) is 3.82. The molecule has 0 unspecified atom stereocenters. The third-order valence-electron chi connectivity index (χ3n) is 11.3. The van der Waals surface area contributed by atoms with Gasteiger partial charge in [-0.3, -0.25) is 29.1 Å². The van der Waals surface area contributed by atoms with Crippen LogP contribution in [0, 0.1) is 0 Å². The standard InChI is InChI=1S/C38H52Br2N8O4/c1-25(2)45-17-19-46(20-18-45)28-8-12-44(13-9-28)24-35(50)42-33(23-34(49)27-21-30(39)36(41)31(40)22-27)37(51)47-14-10-29(11-15-47)48-16-7-26-5-3-4-6-32(26)43-38(48)52/h3-6,21-22,25,28-29,33H,7-20,23-24,41H2,1-2H3,(H,42,50)(H,43,52)/t33-/m0/s1. The number of piperazine rings is 1. The fourth-order valence-corrected chi connectivity index (χ4v) is 9.30. The number of benzene rings is 2. The molecule has 3 saturated heterocycles. The van der Waals surface area contributed by atoms with Crippen LogP contribution in [-0.4, -0.2) is 138 Å². The molecule has 4 aliphatic rings. The van der Waals surface area contributed by atoms with Crippen molar-refractivity contribution in [1.82, 2.24) is 29.8 Å². The van der Waals surface area contributed by atoms with Crippen molar-refractivity contribution in [1.29, 1.82) is 0 Å². The van der Waals surface area contributed by atoms with Crippen LogP contribution in [-0.2, 0) is 16.0 Å². The monoisotopic (exact) mass is 842 g/mol. The number of anilines is 2. The molecule has 3 fully saturated rings. The lowest BCUT2D eigenvalue weighted by Gasteiger charge is -2.43. The van der Waals surface area contributed by atoms with Gasteiger partial charge in [0.15, 0.2) is 5.78 Å². The largest absolute Gasteiger partial charge is 0.397 e. The topological polar surface area (TPSA) is 135 Å². The van der Waals surface area contributed by atoms with Gasteiger partial charge in [-0.05, 0) is 102 Å². The van der Waals surface area contributed by atoms with Crippen LogP contribution < -0.4 is 16.4 Å². The second kappa shape index (κ2) is 17.4. The van der Waals surface area contributed by atoms with Gasteiger partial charge in [0, 0.05) is 104 Å². The maximum absolute atomic E-state index is 14.1. The predicted octanol–water partition coefficient (Wildman–Crippen LogP) is 4.42. The smallest absolute Gasteiger partial charge is 0.322 e. The van der Waals surface area contributed by atoms with Crippen molar-refractivity contribution in [2.45, 2.75) is 76.5 Å². The van der Waals surface area contributed by atoms with Crippen LogP contribution in [0.2, 0.25) is 0 Å². The second-order valence-corrected chi connectivity index (χ2v) is 16.6. The van der Waals surface area contributed by atoms with E-state index in [0.717, 1.165) is 69.8 Å². The predicted molar refractivity (Wildman–Crippen MR) is 210 cm³/mol. The summed E-state index contributed by atoms with van der Waals surface area (Å²) in [6, 6.07) is 11.1. The highest BCUT2D eigenvalue weighted by Crippen LogP contribution is 2.31. The normalized spacial score (nSPS) is 20.7. The summed E-state index contributed by atoms with van der Waals surface area (Å²) in [5.74, 6) is -0.805. The van der Waals surface area contributed by atoms with Gasteiger partial charge in [-0.15, -0.1) is 0 Å². The molecule has 4 aliphatic heterocycles. The summed E-state index contributed by atoms with van der Waals surface area (Å²) in [5.41, 5.74) is 8.88. The number of hydrogen-bond donors (Lipinski definition) is 3. The van der Waals surface area contributed by atoms with E-state index in [2.05, 4.69) is 71.0 Å². The molecule has 52 heavy (non-hydrogen) atoms. The average Bonchev–Trinajstić information content (AvgIpc) is 3.31. The van der Waals surface area contributed by atoms with E-state index in [1.54, 1.807) is 17.0 Å². The van der Waals surface area contributed by atoms with Gasteiger partial charge in [0.1, 0.15) is 6.04 Å². The van der Waals surface area contributed by atoms with Crippen molar-refractivity contribution < 1.29 is 19.2 Å². The van der Waals surface area contributed by atoms with Crippen molar-refractivity contribution in [3.8, 4) is 0 Å². The molecular weight excluding hydrogens is 792 g/mol. The average molecular weight is 845 g/mol. The van der Waals surface area contributed by atoms with E-state index in [-0.39, 0.29) is 42.6 Å². The van der Waals surface area contributed by atoms with Gasteiger partial charge in [-0.2, -0.15) is 0 Å². The van der Waals surface area contributed by atoms with Gasteiger partial charge >= 0.3 is 6.03 Å². The highest BCUT2D eigenvalue weighted by Gasteiger charge is 2.36. The molecular formula is C38H52Br2N8O4. The van der Waals surface area contributed by atoms with Gasteiger partial charge in [0.2, 0.25) is 11.8 Å². The summed E-state index contributed by atoms with van der Waals surface area (Å²) in [5, 5.41) is 6.01. The minimum absolute atomic E-state index is 0.0143. The molecule has 0 radical (unpaired) electrons. The van der Waals surface area contributed by atoms with Gasteiger partial charge < -0.3 is 26.2 Å². The maximum atomic E-state index is 14.1. The molecule has 2 aromatic rings. The number of nitrogens with one attached hydrogen (secondary N) is 2. The Morgan fingerprint density at radius 3 is 2.17 bits per heavy atom. The zero-order valence-electron chi connectivity index (χ0n) is 30.3. The van der Waals surface area contributed by atoms with Gasteiger partial charge in [0.05, 0.1) is 12.2 Å². The van der Waals surface area contributed by atoms with Gasteiger partial charge in [-0.25, -0.2) is 4.79 Å². The van der Waals surface area contributed by atoms with Crippen molar-refractivity contribution in [2.24, 2.45) is 0 Å². The van der Waals surface area contributed by atoms with Crippen LogP contribution in [0.25, 0.3) is 0 Å². The number of ketones is 1. The van der Waals surface area contributed by atoms with Crippen LogP contribution >= 0.6 is 31.9 Å². The van der Waals surface area contributed by atoms with E-state index in [4.69, 9.17) is 5.73 Å². The first-order valence-electron chi connectivity index (χ1n) is 18.7. The number of nitrogen functional groups attached to an aromatic ring is 1. The number of carbonyl (C=O) groups excluding carboxylic acids is 4. The van der Waals surface area contributed by atoms with Gasteiger partial charge in [-0.1, -0.05) is 18.2 Å². The molecule has 1 atom stereocenters. The third-order valence-corrected chi connectivity index (χ3v) is 12.6. The number of Topliss-reactive ketones (excluding diaryl/α,β-unsaturated/α-hetero) is 1. The molecule has 2 aromatic carbocycles. The first-order valence-corrected chi connectivity index (χ1v) is 20.3.